The summed E-state index contributed by atoms with van der Waals surface area (Å²) in [7, 11) is 0. The quantitative estimate of drug-likeness (QED) is 0.162. The number of furan rings is 2. The predicted molar refractivity (Wildman–Crippen MR) is 244 cm³/mol. The standard InChI is InChI=1S/C54H44N2O2/c1-33-17-7-11-23-45(33)55(47-25-15-21-43-41-19-9-13-27-49(41)57-53(43)47)39-29-35(3)51(36(4)30-39)52-37(5)31-40(32-38(52)6)56(46-24-12-8-18-34(46)2)48-26-16-22-44-42-20-10-14-28-50(42)58-54(44)48/h7-32H,1-6H3. The minimum Gasteiger partial charge on any atom is -0.454 e. The Morgan fingerprint density at radius 1 is 0.310 bits per heavy atom. The van der Waals surface area contributed by atoms with Crippen LogP contribution in [0.1, 0.15) is 33.4 Å². The number of hydrogen-bond acceptors (Lipinski definition) is 4. The van der Waals surface area contributed by atoms with E-state index in [0.717, 1.165) is 78.0 Å². The smallest absolute Gasteiger partial charge is 0.159 e. The summed E-state index contributed by atoms with van der Waals surface area (Å²) in [5.41, 5.74) is 19.8. The number of para-hydroxylation sites is 6. The molecule has 0 aliphatic heterocycles. The zero-order valence-electron chi connectivity index (χ0n) is 33.7. The van der Waals surface area contributed by atoms with Crippen LogP contribution in [0.4, 0.5) is 34.1 Å². The summed E-state index contributed by atoms with van der Waals surface area (Å²) < 4.78 is 13.2. The molecule has 58 heavy (non-hydrogen) atoms. The Morgan fingerprint density at radius 3 is 1.03 bits per heavy atom. The van der Waals surface area contributed by atoms with Gasteiger partial charge in [0.05, 0.1) is 11.4 Å². The lowest BCUT2D eigenvalue weighted by atomic mass is 9.88. The Morgan fingerprint density at radius 2 is 0.638 bits per heavy atom. The average molecular weight is 753 g/mol. The maximum absolute atomic E-state index is 6.62. The summed E-state index contributed by atoms with van der Waals surface area (Å²) in [5, 5.41) is 4.46. The SMILES string of the molecule is Cc1ccccc1N(c1cc(C)c(-c2c(C)cc(N(c3ccccc3C)c3cccc4c3oc3ccccc34)cc2C)c(C)c1)c1cccc2c1oc1ccccc12. The third-order valence-corrected chi connectivity index (χ3v) is 11.8. The molecule has 2 heterocycles. The maximum Gasteiger partial charge on any atom is 0.159 e. The van der Waals surface area contributed by atoms with Crippen LogP contribution in [0.5, 0.6) is 0 Å². The molecule has 0 aliphatic carbocycles. The van der Waals surface area contributed by atoms with Crippen LogP contribution in [0.3, 0.4) is 0 Å². The summed E-state index contributed by atoms with van der Waals surface area (Å²) in [4.78, 5) is 4.73. The van der Waals surface area contributed by atoms with Crippen molar-refractivity contribution in [2.45, 2.75) is 41.5 Å². The molecule has 0 amide bonds. The Hall–Kier alpha value is -7.04. The van der Waals surface area contributed by atoms with Gasteiger partial charge in [-0.05, 0) is 147 Å². The van der Waals surface area contributed by atoms with Gasteiger partial charge in [0.1, 0.15) is 11.2 Å². The van der Waals surface area contributed by atoms with Crippen molar-refractivity contribution >= 4 is 78.0 Å². The largest absolute Gasteiger partial charge is 0.454 e. The molecule has 0 N–H and O–H groups in total. The number of nitrogens with zero attached hydrogens (tertiary/aromatic N) is 2. The zero-order valence-corrected chi connectivity index (χ0v) is 33.7. The first-order valence-corrected chi connectivity index (χ1v) is 20.0. The summed E-state index contributed by atoms with van der Waals surface area (Å²) in [6.45, 7) is 13.4. The second kappa shape index (κ2) is 13.9. The lowest BCUT2D eigenvalue weighted by Crippen LogP contribution is -2.13. The first-order chi connectivity index (χ1) is 28.3. The molecule has 0 atom stereocenters. The normalized spacial score (nSPS) is 11.6. The van der Waals surface area contributed by atoms with E-state index >= 15 is 0 Å². The van der Waals surface area contributed by atoms with E-state index in [1.165, 1.54) is 44.5 Å². The van der Waals surface area contributed by atoms with Crippen LogP contribution in [0, 0.1) is 41.5 Å². The molecule has 4 nitrogen and oxygen atoms in total. The minimum absolute atomic E-state index is 0.880. The maximum atomic E-state index is 6.62. The molecule has 8 aromatic carbocycles. The fourth-order valence-electron chi connectivity index (χ4n) is 9.19. The highest BCUT2D eigenvalue weighted by Gasteiger charge is 2.25. The van der Waals surface area contributed by atoms with Crippen LogP contribution in [-0.4, -0.2) is 0 Å². The third-order valence-electron chi connectivity index (χ3n) is 11.8. The monoisotopic (exact) mass is 752 g/mol. The van der Waals surface area contributed by atoms with E-state index in [9.17, 15) is 0 Å². The number of rotatable bonds is 7. The van der Waals surface area contributed by atoms with Crippen molar-refractivity contribution in [2.24, 2.45) is 0 Å². The van der Waals surface area contributed by atoms with Crippen LogP contribution < -0.4 is 9.80 Å². The predicted octanol–water partition coefficient (Wildman–Crippen LogP) is 15.9. The van der Waals surface area contributed by atoms with Crippen LogP contribution in [-0.2, 0) is 0 Å². The fourth-order valence-corrected chi connectivity index (χ4v) is 9.19. The van der Waals surface area contributed by atoms with Gasteiger partial charge in [-0.2, -0.15) is 0 Å². The van der Waals surface area contributed by atoms with Crippen molar-refractivity contribution < 1.29 is 8.83 Å². The summed E-state index contributed by atoms with van der Waals surface area (Å²) in [6.07, 6.45) is 0. The van der Waals surface area contributed by atoms with Gasteiger partial charge in [-0.25, -0.2) is 0 Å². The van der Waals surface area contributed by atoms with Crippen molar-refractivity contribution in [3.63, 3.8) is 0 Å². The second-order valence-electron chi connectivity index (χ2n) is 15.7. The molecule has 0 unspecified atom stereocenters. The summed E-state index contributed by atoms with van der Waals surface area (Å²) in [5.74, 6) is 0. The number of hydrogen-bond donors (Lipinski definition) is 0. The van der Waals surface area contributed by atoms with Gasteiger partial charge >= 0.3 is 0 Å². The molecule has 0 radical (unpaired) electrons. The molecule has 2 aromatic heterocycles. The number of benzene rings is 8. The molecule has 10 rings (SSSR count). The van der Waals surface area contributed by atoms with Crippen molar-refractivity contribution in [3.05, 3.63) is 191 Å². The molecular formula is C54H44N2O2. The average Bonchev–Trinajstić information content (AvgIpc) is 3.80. The summed E-state index contributed by atoms with van der Waals surface area (Å²) in [6, 6.07) is 56.1. The van der Waals surface area contributed by atoms with Gasteiger partial charge in [0.15, 0.2) is 11.2 Å². The molecule has 0 aliphatic rings. The van der Waals surface area contributed by atoms with Gasteiger partial charge in [-0.15, -0.1) is 0 Å². The highest BCUT2D eigenvalue weighted by atomic mass is 16.3. The Bertz CT molecular complexity index is 2960. The van der Waals surface area contributed by atoms with E-state index in [1.807, 2.05) is 12.1 Å². The Labute approximate surface area is 339 Å². The first kappa shape index (κ1) is 35.4. The van der Waals surface area contributed by atoms with Crippen LogP contribution in [0.15, 0.2) is 167 Å². The molecular weight excluding hydrogens is 709 g/mol. The van der Waals surface area contributed by atoms with Crippen LogP contribution >= 0.6 is 0 Å². The van der Waals surface area contributed by atoms with Gasteiger partial charge in [-0.1, -0.05) is 97.1 Å². The molecule has 0 spiro atoms. The molecule has 0 saturated carbocycles. The van der Waals surface area contributed by atoms with Gasteiger partial charge in [0.2, 0.25) is 0 Å². The van der Waals surface area contributed by atoms with Crippen LogP contribution in [0.25, 0.3) is 55.0 Å². The second-order valence-corrected chi connectivity index (χ2v) is 15.7. The Kier molecular flexibility index (Phi) is 8.45. The lowest BCUT2D eigenvalue weighted by molar-refractivity contribution is 0.668. The van der Waals surface area contributed by atoms with Crippen molar-refractivity contribution in [1.82, 2.24) is 0 Å². The third kappa shape index (κ3) is 5.67. The van der Waals surface area contributed by atoms with E-state index < -0.39 is 0 Å². The van der Waals surface area contributed by atoms with Gasteiger partial charge in [-0.3, -0.25) is 0 Å². The molecule has 0 fully saturated rings. The number of fused-ring (bicyclic) bond motifs is 6. The summed E-state index contributed by atoms with van der Waals surface area (Å²) >= 11 is 0. The molecule has 10 aromatic rings. The first-order valence-electron chi connectivity index (χ1n) is 20.0. The zero-order chi connectivity index (χ0) is 39.7. The van der Waals surface area contributed by atoms with E-state index in [0.29, 0.717) is 0 Å². The van der Waals surface area contributed by atoms with Gasteiger partial charge in [0.25, 0.3) is 0 Å². The van der Waals surface area contributed by atoms with Crippen molar-refractivity contribution in [1.29, 1.82) is 0 Å². The lowest BCUT2D eigenvalue weighted by Gasteiger charge is -2.30. The molecule has 282 valence electrons. The Balaban J connectivity index is 1.13. The highest BCUT2D eigenvalue weighted by Crippen LogP contribution is 2.48. The number of aryl methyl sites for hydroxylation is 6. The molecule has 4 heteroatoms. The topological polar surface area (TPSA) is 32.8 Å². The van der Waals surface area contributed by atoms with Crippen molar-refractivity contribution in [2.75, 3.05) is 9.80 Å². The van der Waals surface area contributed by atoms with E-state index in [-0.39, 0.29) is 0 Å². The minimum atomic E-state index is 0.880. The molecule has 0 bridgehead atoms. The van der Waals surface area contributed by atoms with Gasteiger partial charge in [0, 0.05) is 44.3 Å². The fraction of sp³-hybridized carbons (Fsp3) is 0.111. The highest BCUT2D eigenvalue weighted by molar-refractivity contribution is 6.11. The molecule has 0 saturated heterocycles. The number of anilines is 6. The van der Waals surface area contributed by atoms with E-state index in [2.05, 4.69) is 197 Å². The van der Waals surface area contributed by atoms with Crippen molar-refractivity contribution in [3.8, 4) is 11.1 Å². The van der Waals surface area contributed by atoms with Crippen LogP contribution in [0.2, 0.25) is 0 Å². The van der Waals surface area contributed by atoms with E-state index in [4.69, 9.17) is 8.83 Å². The van der Waals surface area contributed by atoms with Gasteiger partial charge < -0.3 is 18.6 Å². The van der Waals surface area contributed by atoms with E-state index in [1.54, 1.807) is 0 Å².